The van der Waals surface area contributed by atoms with Crippen LogP contribution in [0.2, 0.25) is 0 Å². The van der Waals surface area contributed by atoms with Gasteiger partial charge in [-0.15, -0.1) is 0 Å². The number of nitrogens with zero attached hydrogens (tertiary/aromatic N) is 1. The molecule has 0 aliphatic carbocycles. The number of rotatable bonds is 6. The monoisotopic (exact) mass is 310 g/mol. The van der Waals surface area contributed by atoms with E-state index in [0.29, 0.717) is 0 Å². The Morgan fingerprint density at radius 1 is 1.00 bits per heavy atom. The van der Waals surface area contributed by atoms with Crippen molar-refractivity contribution in [1.29, 1.82) is 0 Å². The highest BCUT2D eigenvalue weighted by Gasteiger charge is 2.09. The Balaban J connectivity index is 1.58. The molecule has 0 spiro atoms. The molecule has 2 aromatic rings. The Hall–Kier alpha value is -2.00. The van der Waals surface area contributed by atoms with Gasteiger partial charge >= 0.3 is 0 Å². The number of ether oxygens (including phenoxy) is 2. The van der Waals surface area contributed by atoms with E-state index < -0.39 is 0 Å². The van der Waals surface area contributed by atoms with Crippen LogP contribution in [0.5, 0.6) is 11.5 Å². The van der Waals surface area contributed by atoms with Crippen LogP contribution in [0.25, 0.3) is 11.1 Å². The van der Waals surface area contributed by atoms with Gasteiger partial charge in [0, 0.05) is 12.6 Å². The van der Waals surface area contributed by atoms with Gasteiger partial charge in [0.05, 0.1) is 7.11 Å². The Morgan fingerprint density at radius 3 is 2.52 bits per heavy atom. The molecule has 0 unspecified atom stereocenters. The van der Waals surface area contributed by atoms with Crippen LogP contribution < -0.4 is 9.47 Å². The average molecular weight is 310 g/mol. The summed E-state index contributed by atoms with van der Waals surface area (Å²) >= 11 is 0. The smallest absolute Gasteiger partial charge is 0.127 e. The van der Waals surface area contributed by atoms with Crippen molar-refractivity contribution in [2.75, 3.05) is 33.4 Å². The molecule has 23 heavy (non-hydrogen) atoms. The Labute approximate surface area is 138 Å². The van der Waals surface area contributed by atoms with Crippen LogP contribution in [0.3, 0.4) is 0 Å². The van der Waals surface area contributed by atoms with E-state index in [1.54, 1.807) is 7.11 Å². The number of methoxy groups -OCH3 is 1. The van der Waals surface area contributed by atoms with Crippen molar-refractivity contribution in [3.8, 4) is 22.6 Å². The quantitative estimate of drug-likeness (QED) is 0.804. The second-order valence-electron chi connectivity index (χ2n) is 5.91. The summed E-state index contributed by atoms with van der Waals surface area (Å²) < 4.78 is 11.1. The van der Waals surface area contributed by atoms with Gasteiger partial charge in [-0.3, -0.25) is 4.90 Å². The molecule has 1 heterocycles. The van der Waals surface area contributed by atoms with Gasteiger partial charge in [0.1, 0.15) is 18.1 Å². The Kier molecular flexibility index (Phi) is 5.54. The van der Waals surface area contributed by atoms with E-state index in [1.807, 2.05) is 36.4 Å². The van der Waals surface area contributed by atoms with E-state index in [4.69, 9.17) is 9.47 Å². The lowest BCUT2D eigenvalue weighted by Crippen LogP contribution is -2.33. The van der Waals surface area contributed by atoms with Gasteiger partial charge in [-0.05, 0) is 55.3 Å². The number of hydrogen-bond acceptors (Lipinski definition) is 3. The molecule has 0 saturated carbocycles. The molecule has 0 aromatic heterocycles. The zero-order chi connectivity index (χ0) is 15.9. The van der Waals surface area contributed by atoms with Gasteiger partial charge in [-0.1, -0.05) is 30.7 Å². The molecule has 1 radical (unpaired) electrons. The highest BCUT2D eigenvalue weighted by Crippen LogP contribution is 2.25. The lowest BCUT2D eigenvalue weighted by molar-refractivity contribution is 0.183. The highest BCUT2D eigenvalue weighted by atomic mass is 16.5. The van der Waals surface area contributed by atoms with Crippen LogP contribution >= 0.6 is 0 Å². The molecule has 1 aliphatic rings. The normalized spacial score (nSPS) is 15.3. The van der Waals surface area contributed by atoms with Crippen LogP contribution in [-0.2, 0) is 0 Å². The standard InChI is InChI=1S/C20H24NO2/c1-22-19-10-8-17(9-11-19)18-6-5-7-20(16-18)23-15-14-21-12-3-2-4-13-21/h5-11H,2-4,12-15H2,1H3. The summed E-state index contributed by atoms with van der Waals surface area (Å²) in [4.78, 5) is 2.48. The van der Waals surface area contributed by atoms with Gasteiger partial charge < -0.3 is 9.47 Å². The number of likely N-dealkylation sites (tertiary alicyclic amines) is 1. The molecule has 0 amide bonds. The number of hydrogen-bond donors (Lipinski definition) is 0. The molecule has 1 aliphatic heterocycles. The molecule has 3 nitrogen and oxygen atoms in total. The fraction of sp³-hybridized carbons (Fsp3) is 0.400. The lowest BCUT2D eigenvalue weighted by atomic mass is 10.1. The lowest BCUT2D eigenvalue weighted by Gasteiger charge is -2.26. The molecule has 3 heteroatoms. The van der Waals surface area contributed by atoms with Crippen molar-refractivity contribution in [2.24, 2.45) is 0 Å². The predicted molar refractivity (Wildman–Crippen MR) is 93.1 cm³/mol. The van der Waals surface area contributed by atoms with Crippen molar-refractivity contribution in [3.63, 3.8) is 0 Å². The van der Waals surface area contributed by atoms with Crippen LogP contribution in [-0.4, -0.2) is 38.3 Å². The predicted octanol–water partition coefficient (Wildman–Crippen LogP) is 4.03. The Morgan fingerprint density at radius 2 is 1.78 bits per heavy atom. The van der Waals surface area contributed by atoms with E-state index in [-0.39, 0.29) is 0 Å². The first-order valence-corrected chi connectivity index (χ1v) is 8.37. The maximum absolute atomic E-state index is 5.89. The second-order valence-corrected chi connectivity index (χ2v) is 5.91. The van der Waals surface area contributed by atoms with Gasteiger partial charge in [-0.25, -0.2) is 0 Å². The van der Waals surface area contributed by atoms with Crippen molar-refractivity contribution in [3.05, 3.63) is 48.5 Å². The van der Waals surface area contributed by atoms with E-state index in [9.17, 15) is 0 Å². The first kappa shape index (κ1) is 15.9. The van der Waals surface area contributed by atoms with Crippen LogP contribution in [0, 0.1) is 6.07 Å². The average Bonchev–Trinajstić information content (AvgIpc) is 2.63. The molecule has 121 valence electrons. The van der Waals surface area contributed by atoms with Gasteiger partial charge in [0.2, 0.25) is 0 Å². The topological polar surface area (TPSA) is 21.7 Å². The summed E-state index contributed by atoms with van der Waals surface area (Å²) in [5.41, 5.74) is 2.16. The minimum Gasteiger partial charge on any atom is -0.497 e. The third-order valence-corrected chi connectivity index (χ3v) is 4.28. The molecule has 0 bridgehead atoms. The van der Waals surface area contributed by atoms with Crippen molar-refractivity contribution >= 4 is 0 Å². The Bertz CT molecular complexity index is 603. The first-order chi connectivity index (χ1) is 11.3. The third-order valence-electron chi connectivity index (χ3n) is 4.28. The number of benzene rings is 2. The van der Waals surface area contributed by atoms with Crippen molar-refractivity contribution in [2.45, 2.75) is 19.3 Å². The van der Waals surface area contributed by atoms with Crippen molar-refractivity contribution < 1.29 is 9.47 Å². The minimum atomic E-state index is 0.725. The van der Waals surface area contributed by atoms with Crippen LogP contribution in [0.1, 0.15) is 19.3 Å². The summed E-state index contributed by atoms with van der Waals surface area (Å²) in [6.45, 7) is 4.14. The maximum Gasteiger partial charge on any atom is 0.127 e. The maximum atomic E-state index is 5.89. The molecule has 3 rings (SSSR count). The van der Waals surface area contributed by atoms with Crippen molar-refractivity contribution in [1.82, 2.24) is 4.90 Å². The summed E-state index contributed by atoms with van der Waals surface area (Å²) in [5, 5.41) is 0. The molecular formula is C20H24NO2. The fourth-order valence-corrected chi connectivity index (χ4v) is 2.94. The van der Waals surface area contributed by atoms with Crippen LogP contribution in [0.4, 0.5) is 0 Å². The summed E-state index contributed by atoms with van der Waals surface area (Å²) in [7, 11) is 1.68. The SMILES string of the molecule is COc1ccc(-c2[c]c(OCCN3CCCCC3)ccc2)cc1. The zero-order valence-corrected chi connectivity index (χ0v) is 13.8. The van der Waals surface area contributed by atoms with E-state index in [1.165, 1.54) is 32.4 Å². The summed E-state index contributed by atoms with van der Waals surface area (Å²) in [6, 6.07) is 17.4. The highest BCUT2D eigenvalue weighted by molar-refractivity contribution is 5.65. The van der Waals surface area contributed by atoms with Gasteiger partial charge in [0.25, 0.3) is 0 Å². The molecular weight excluding hydrogens is 286 g/mol. The molecule has 1 fully saturated rings. The second kappa shape index (κ2) is 8.02. The molecule has 1 saturated heterocycles. The fourth-order valence-electron chi connectivity index (χ4n) is 2.94. The third kappa shape index (κ3) is 4.49. The van der Waals surface area contributed by atoms with Crippen LogP contribution in [0.15, 0.2) is 42.5 Å². The van der Waals surface area contributed by atoms with E-state index in [2.05, 4.69) is 17.0 Å². The number of piperidine rings is 1. The van der Waals surface area contributed by atoms with Gasteiger partial charge in [0.15, 0.2) is 0 Å². The van der Waals surface area contributed by atoms with E-state index in [0.717, 1.165) is 35.8 Å². The molecule has 0 N–H and O–H groups in total. The van der Waals surface area contributed by atoms with Gasteiger partial charge in [-0.2, -0.15) is 0 Å². The summed E-state index contributed by atoms with van der Waals surface area (Å²) in [5.74, 6) is 1.68. The molecule has 2 aromatic carbocycles. The first-order valence-electron chi connectivity index (χ1n) is 8.37. The minimum absolute atomic E-state index is 0.725. The largest absolute Gasteiger partial charge is 0.497 e. The van der Waals surface area contributed by atoms with E-state index >= 15 is 0 Å². The summed E-state index contributed by atoms with van der Waals surface area (Å²) in [6.07, 6.45) is 4.01. The zero-order valence-electron chi connectivity index (χ0n) is 13.8. The molecule has 0 atom stereocenters.